The first kappa shape index (κ1) is 19.1. The van der Waals surface area contributed by atoms with E-state index >= 15 is 0 Å². The highest BCUT2D eigenvalue weighted by Gasteiger charge is 2.39. The van der Waals surface area contributed by atoms with Crippen molar-refractivity contribution in [2.24, 2.45) is 5.92 Å². The van der Waals surface area contributed by atoms with Crippen LogP contribution < -0.4 is 10.1 Å². The fraction of sp³-hybridized carbons (Fsp3) is 0.700. The molecule has 3 heterocycles. The Labute approximate surface area is 165 Å². The van der Waals surface area contributed by atoms with Crippen LogP contribution in [0.2, 0.25) is 0 Å². The van der Waals surface area contributed by atoms with Crippen LogP contribution in [0.4, 0.5) is 0 Å². The number of ether oxygens (including phenoxy) is 2. The molecule has 1 aromatic heterocycles. The van der Waals surface area contributed by atoms with Crippen LogP contribution in [0.25, 0.3) is 0 Å². The molecule has 1 saturated carbocycles. The molecule has 1 aromatic rings. The fourth-order valence-electron chi connectivity index (χ4n) is 4.42. The van der Waals surface area contributed by atoms with Crippen molar-refractivity contribution in [1.82, 2.24) is 20.2 Å². The lowest BCUT2D eigenvalue weighted by Gasteiger charge is -2.31. The molecule has 0 radical (unpaired) electrons. The van der Waals surface area contributed by atoms with Crippen molar-refractivity contribution >= 4 is 11.8 Å². The summed E-state index contributed by atoms with van der Waals surface area (Å²) < 4.78 is 11.2. The first-order chi connectivity index (χ1) is 13.7. The zero-order valence-electron chi connectivity index (χ0n) is 16.1. The lowest BCUT2D eigenvalue weighted by atomic mass is 9.92. The van der Waals surface area contributed by atoms with E-state index in [1.54, 1.807) is 18.6 Å². The van der Waals surface area contributed by atoms with Gasteiger partial charge in [0.05, 0.1) is 12.1 Å². The topological polar surface area (TPSA) is 93.7 Å². The van der Waals surface area contributed by atoms with Crippen LogP contribution in [-0.2, 0) is 14.3 Å². The SMILES string of the molecule is O=C(NC1CCC(Oc2cnccn2)CC1)[C@@H]1CC(=O)N(C2CCOCC2)C1. The molecule has 0 spiro atoms. The van der Waals surface area contributed by atoms with Crippen LogP contribution in [-0.4, -0.2) is 64.6 Å². The Morgan fingerprint density at radius 1 is 1.14 bits per heavy atom. The van der Waals surface area contributed by atoms with Gasteiger partial charge in [-0.15, -0.1) is 0 Å². The summed E-state index contributed by atoms with van der Waals surface area (Å²) in [5.74, 6) is 0.436. The van der Waals surface area contributed by atoms with Crippen molar-refractivity contribution in [3.8, 4) is 5.88 Å². The van der Waals surface area contributed by atoms with Crippen LogP contribution in [0.5, 0.6) is 5.88 Å². The molecule has 152 valence electrons. The van der Waals surface area contributed by atoms with Gasteiger partial charge in [-0.1, -0.05) is 0 Å². The first-order valence-corrected chi connectivity index (χ1v) is 10.3. The van der Waals surface area contributed by atoms with Gasteiger partial charge in [-0.2, -0.15) is 0 Å². The third-order valence-electron chi connectivity index (χ3n) is 6.01. The molecule has 2 aliphatic heterocycles. The van der Waals surface area contributed by atoms with E-state index in [9.17, 15) is 9.59 Å². The Hall–Kier alpha value is -2.22. The first-order valence-electron chi connectivity index (χ1n) is 10.3. The highest BCUT2D eigenvalue weighted by molar-refractivity contribution is 5.89. The minimum absolute atomic E-state index is 0.0150. The number of likely N-dealkylation sites (tertiary alicyclic amines) is 1. The molecule has 4 rings (SSSR count). The Kier molecular flexibility index (Phi) is 6.04. The van der Waals surface area contributed by atoms with Crippen LogP contribution in [0, 0.1) is 5.92 Å². The number of carbonyl (C=O) groups is 2. The molecule has 0 bridgehead atoms. The number of aromatic nitrogens is 2. The van der Waals surface area contributed by atoms with Crippen molar-refractivity contribution in [3.05, 3.63) is 18.6 Å². The lowest BCUT2D eigenvalue weighted by Crippen LogP contribution is -2.44. The number of carbonyl (C=O) groups excluding carboxylic acids is 2. The molecule has 28 heavy (non-hydrogen) atoms. The van der Waals surface area contributed by atoms with Gasteiger partial charge in [0.1, 0.15) is 6.10 Å². The van der Waals surface area contributed by atoms with E-state index in [0.29, 0.717) is 32.1 Å². The number of nitrogens with zero attached hydrogens (tertiary/aromatic N) is 3. The number of hydrogen-bond donors (Lipinski definition) is 1. The van der Waals surface area contributed by atoms with Gasteiger partial charge >= 0.3 is 0 Å². The van der Waals surface area contributed by atoms with Crippen molar-refractivity contribution in [2.75, 3.05) is 19.8 Å². The van der Waals surface area contributed by atoms with E-state index in [4.69, 9.17) is 9.47 Å². The maximum atomic E-state index is 12.7. The normalized spacial score (nSPS) is 28.9. The van der Waals surface area contributed by atoms with Crippen molar-refractivity contribution < 1.29 is 19.1 Å². The molecule has 1 atom stereocenters. The Morgan fingerprint density at radius 3 is 2.64 bits per heavy atom. The van der Waals surface area contributed by atoms with Gasteiger partial charge in [0.25, 0.3) is 0 Å². The molecule has 3 aliphatic rings. The summed E-state index contributed by atoms with van der Waals surface area (Å²) in [7, 11) is 0. The Morgan fingerprint density at radius 2 is 1.93 bits per heavy atom. The highest BCUT2D eigenvalue weighted by Crippen LogP contribution is 2.27. The van der Waals surface area contributed by atoms with Crippen LogP contribution >= 0.6 is 0 Å². The molecule has 3 fully saturated rings. The van der Waals surface area contributed by atoms with Gasteiger partial charge in [-0.05, 0) is 38.5 Å². The second-order valence-electron chi connectivity index (χ2n) is 7.93. The second-order valence-corrected chi connectivity index (χ2v) is 7.93. The number of hydrogen-bond acceptors (Lipinski definition) is 6. The number of nitrogens with one attached hydrogen (secondary N) is 1. The van der Waals surface area contributed by atoms with E-state index in [2.05, 4.69) is 15.3 Å². The maximum Gasteiger partial charge on any atom is 0.232 e. The minimum atomic E-state index is -0.232. The van der Waals surface area contributed by atoms with Crippen molar-refractivity contribution in [3.63, 3.8) is 0 Å². The van der Waals surface area contributed by atoms with E-state index < -0.39 is 0 Å². The molecule has 0 unspecified atom stereocenters. The summed E-state index contributed by atoms with van der Waals surface area (Å²) >= 11 is 0. The third kappa shape index (κ3) is 4.60. The smallest absolute Gasteiger partial charge is 0.232 e. The standard InChI is InChI=1S/C20H28N4O4/c25-19-11-14(13-24(19)16-5-9-27-10-6-16)20(26)23-15-1-3-17(4-2-15)28-18-12-21-7-8-22-18/h7-8,12,14-17H,1-6,9-11,13H2,(H,23,26)/t14-,15?,17?/m1/s1. The average molecular weight is 388 g/mol. The zero-order chi connectivity index (χ0) is 19.3. The molecule has 2 saturated heterocycles. The predicted octanol–water partition coefficient (Wildman–Crippen LogP) is 1.31. The maximum absolute atomic E-state index is 12.7. The second kappa shape index (κ2) is 8.86. The number of rotatable bonds is 5. The zero-order valence-corrected chi connectivity index (χ0v) is 16.1. The summed E-state index contributed by atoms with van der Waals surface area (Å²) in [5, 5.41) is 3.16. The van der Waals surface area contributed by atoms with E-state index in [-0.39, 0.29) is 35.9 Å². The summed E-state index contributed by atoms with van der Waals surface area (Å²) in [6.07, 6.45) is 10.5. The summed E-state index contributed by atoms with van der Waals surface area (Å²) in [5.41, 5.74) is 0. The van der Waals surface area contributed by atoms with Crippen LogP contribution in [0.15, 0.2) is 18.6 Å². The molecule has 2 amide bonds. The monoisotopic (exact) mass is 388 g/mol. The summed E-state index contributed by atoms with van der Waals surface area (Å²) in [6.45, 7) is 1.94. The number of amides is 2. The van der Waals surface area contributed by atoms with Crippen LogP contribution in [0.1, 0.15) is 44.9 Å². The van der Waals surface area contributed by atoms with E-state index in [1.807, 2.05) is 4.90 Å². The molecule has 1 N–H and O–H groups in total. The van der Waals surface area contributed by atoms with Gasteiger partial charge in [0.15, 0.2) is 0 Å². The molecular weight excluding hydrogens is 360 g/mol. The molecular formula is C20H28N4O4. The van der Waals surface area contributed by atoms with Gasteiger partial charge in [0.2, 0.25) is 17.7 Å². The fourth-order valence-corrected chi connectivity index (χ4v) is 4.42. The van der Waals surface area contributed by atoms with Crippen LogP contribution in [0.3, 0.4) is 0 Å². The third-order valence-corrected chi connectivity index (χ3v) is 6.01. The highest BCUT2D eigenvalue weighted by atomic mass is 16.5. The molecule has 8 heteroatoms. The van der Waals surface area contributed by atoms with Gasteiger partial charge in [-0.25, -0.2) is 4.98 Å². The Bertz CT molecular complexity index is 672. The van der Waals surface area contributed by atoms with Gasteiger partial charge < -0.3 is 19.7 Å². The largest absolute Gasteiger partial charge is 0.473 e. The average Bonchev–Trinajstić information content (AvgIpc) is 3.13. The van der Waals surface area contributed by atoms with Crippen molar-refractivity contribution in [1.29, 1.82) is 0 Å². The molecule has 1 aliphatic carbocycles. The summed E-state index contributed by atoms with van der Waals surface area (Å²) in [6, 6.07) is 0.383. The summed E-state index contributed by atoms with van der Waals surface area (Å²) in [4.78, 5) is 35.1. The van der Waals surface area contributed by atoms with E-state index in [1.165, 1.54) is 0 Å². The molecule has 8 nitrogen and oxygen atoms in total. The predicted molar refractivity (Wildman–Crippen MR) is 101 cm³/mol. The van der Waals surface area contributed by atoms with E-state index in [0.717, 1.165) is 38.5 Å². The lowest BCUT2D eigenvalue weighted by molar-refractivity contribution is -0.131. The Balaban J connectivity index is 1.22. The molecule has 0 aromatic carbocycles. The van der Waals surface area contributed by atoms with Gasteiger partial charge in [-0.3, -0.25) is 14.6 Å². The minimum Gasteiger partial charge on any atom is -0.473 e. The van der Waals surface area contributed by atoms with Gasteiger partial charge in [0, 0.05) is 50.7 Å². The van der Waals surface area contributed by atoms with Crippen molar-refractivity contribution in [2.45, 2.75) is 63.1 Å². The quantitative estimate of drug-likeness (QED) is 0.817.